The van der Waals surface area contributed by atoms with Gasteiger partial charge in [-0.05, 0) is 0 Å². The Bertz CT molecular complexity index is 345. The van der Waals surface area contributed by atoms with E-state index in [1.165, 1.54) is 0 Å². The number of rotatable bonds is 4. The molecular weight excluding hydrogens is 244 g/mol. The Hall–Kier alpha value is -0.370. The summed E-state index contributed by atoms with van der Waals surface area (Å²) in [7, 11) is -3.60. The van der Waals surface area contributed by atoms with Crippen molar-refractivity contribution in [3.05, 3.63) is 0 Å². The molecule has 88 valence electrons. The van der Waals surface area contributed by atoms with E-state index in [1.807, 2.05) is 0 Å². The number of sulfonamides is 1. The minimum atomic E-state index is -3.60. The number of β-amino-alcohol motifs (C(OH)–C–C–N with tert-alkyl or cyclic N) is 1. The second-order valence-electron chi connectivity index (χ2n) is 3.38. The summed E-state index contributed by atoms with van der Waals surface area (Å²) in [6, 6.07) is -0.951. The number of hydrogen-bond acceptors (Lipinski definition) is 4. The van der Waals surface area contributed by atoms with Crippen LogP contribution in [-0.4, -0.2) is 54.1 Å². The molecule has 15 heavy (non-hydrogen) atoms. The number of halogens is 1. The highest BCUT2D eigenvalue weighted by atomic mass is 35.5. The van der Waals surface area contributed by atoms with Crippen LogP contribution in [-0.2, 0) is 14.8 Å². The van der Waals surface area contributed by atoms with Gasteiger partial charge >= 0.3 is 0 Å². The maximum absolute atomic E-state index is 11.6. The SMILES string of the molecule is NC(=O)C1CC(O)CN1S(=O)(=O)CCCl. The lowest BCUT2D eigenvalue weighted by Crippen LogP contribution is -2.44. The molecule has 1 amide bonds. The van der Waals surface area contributed by atoms with Crippen LogP contribution in [0.2, 0.25) is 0 Å². The minimum Gasteiger partial charge on any atom is -0.392 e. The number of nitrogens with two attached hydrogens (primary N) is 1. The van der Waals surface area contributed by atoms with Crippen LogP contribution in [0.3, 0.4) is 0 Å². The summed E-state index contributed by atoms with van der Waals surface area (Å²) < 4.78 is 24.2. The Labute approximate surface area is 93.0 Å². The van der Waals surface area contributed by atoms with Crippen LogP contribution < -0.4 is 5.73 Å². The van der Waals surface area contributed by atoms with Gasteiger partial charge in [-0.2, -0.15) is 4.31 Å². The van der Waals surface area contributed by atoms with Gasteiger partial charge in [-0.1, -0.05) is 0 Å². The average molecular weight is 257 g/mol. The van der Waals surface area contributed by atoms with Crippen LogP contribution in [0.4, 0.5) is 0 Å². The molecule has 6 nitrogen and oxygen atoms in total. The molecule has 0 bridgehead atoms. The number of aliphatic hydroxyl groups excluding tert-OH is 1. The van der Waals surface area contributed by atoms with Crippen LogP contribution in [0, 0.1) is 0 Å². The maximum Gasteiger partial charge on any atom is 0.235 e. The van der Waals surface area contributed by atoms with Crippen molar-refractivity contribution in [2.45, 2.75) is 18.6 Å². The predicted octanol–water partition coefficient (Wildman–Crippen LogP) is -1.52. The third-order valence-corrected chi connectivity index (χ3v) is 4.51. The number of primary amides is 1. The van der Waals surface area contributed by atoms with Crippen LogP contribution in [0.25, 0.3) is 0 Å². The number of aliphatic hydroxyl groups is 1. The van der Waals surface area contributed by atoms with Crippen molar-refractivity contribution in [2.75, 3.05) is 18.2 Å². The first-order chi connectivity index (χ1) is 6.88. The van der Waals surface area contributed by atoms with E-state index < -0.39 is 28.1 Å². The van der Waals surface area contributed by atoms with E-state index in [9.17, 15) is 18.3 Å². The maximum atomic E-state index is 11.6. The first kappa shape index (κ1) is 12.7. The fourth-order valence-corrected chi connectivity index (χ4v) is 3.56. The van der Waals surface area contributed by atoms with E-state index in [-0.39, 0.29) is 24.6 Å². The molecule has 1 aliphatic heterocycles. The summed E-state index contributed by atoms with van der Waals surface area (Å²) in [6.45, 7) is -0.0904. The number of carbonyl (C=O) groups is 1. The molecule has 3 N–H and O–H groups in total. The fourth-order valence-electron chi connectivity index (χ4n) is 1.57. The smallest absolute Gasteiger partial charge is 0.235 e. The second kappa shape index (κ2) is 4.65. The molecule has 0 aromatic carbocycles. The average Bonchev–Trinajstić information content (AvgIpc) is 2.47. The molecule has 0 aromatic rings. The third kappa shape index (κ3) is 2.81. The second-order valence-corrected chi connectivity index (χ2v) is 5.80. The molecule has 8 heteroatoms. The zero-order valence-electron chi connectivity index (χ0n) is 7.97. The standard InChI is InChI=1S/C7H13ClN2O4S/c8-1-2-15(13,14)10-4-5(11)3-6(10)7(9)12/h5-6,11H,1-4H2,(H2,9,12). The van der Waals surface area contributed by atoms with Crippen molar-refractivity contribution in [3.8, 4) is 0 Å². The highest BCUT2D eigenvalue weighted by molar-refractivity contribution is 7.89. The molecule has 1 fully saturated rings. The number of carbonyl (C=O) groups excluding carboxylic acids is 1. The third-order valence-electron chi connectivity index (χ3n) is 2.25. The molecule has 1 heterocycles. The first-order valence-corrected chi connectivity index (χ1v) is 6.55. The zero-order valence-corrected chi connectivity index (χ0v) is 9.54. The van der Waals surface area contributed by atoms with E-state index in [1.54, 1.807) is 0 Å². The highest BCUT2D eigenvalue weighted by Gasteiger charge is 2.41. The molecule has 2 unspecified atom stereocenters. The molecule has 0 saturated carbocycles. The Morgan fingerprint density at radius 1 is 1.60 bits per heavy atom. The fraction of sp³-hybridized carbons (Fsp3) is 0.857. The molecule has 0 spiro atoms. The van der Waals surface area contributed by atoms with E-state index >= 15 is 0 Å². The van der Waals surface area contributed by atoms with Gasteiger partial charge in [0.1, 0.15) is 6.04 Å². The molecule has 1 aliphatic rings. The Morgan fingerprint density at radius 3 is 2.67 bits per heavy atom. The lowest BCUT2D eigenvalue weighted by Gasteiger charge is -2.20. The molecule has 1 rings (SSSR count). The van der Waals surface area contributed by atoms with E-state index in [2.05, 4.69) is 0 Å². The molecule has 2 atom stereocenters. The Morgan fingerprint density at radius 2 is 2.20 bits per heavy atom. The van der Waals surface area contributed by atoms with Gasteiger partial charge in [-0.15, -0.1) is 11.6 Å². The highest BCUT2D eigenvalue weighted by Crippen LogP contribution is 2.21. The van der Waals surface area contributed by atoms with Crippen molar-refractivity contribution >= 4 is 27.5 Å². The van der Waals surface area contributed by atoms with E-state index in [0.717, 1.165) is 4.31 Å². The molecule has 0 radical (unpaired) electrons. The normalized spacial score (nSPS) is 28.1. The van der Waals surface area contributed by atoms with E-state index in [4.69, 9.17) is 17.3 Å². The van der Waals surface area contributed by atoms with Gasteiger partial charge in [-0.25, -0.2) is 8.42 Å². The van der Waals surface area contributed by atoms with Gasteiger partial charge in [-0.3, -0.25) is 4.79 Å². The van der Waals surface area contributed by atoms with Crippen molar-refractivity contribution in [2.24, 2.45) is 5.73 Å². The van der Waals surface area contributed by atoms with Gasteiger partial charge in [0, 0.05) is 18.8 Å². The largest absolute Gasteiger partial charge is 0.392 e. The zero-order chi connectivity index (χ0) is 11.6. The van der Waals surface area contributed by atoms with Crippen LogP contribution in [0.15, 0.2) is 0 Å². The van der Waals surface area contributed by atoms with Crippen molar-refractivity contribution in [1.82, 2.24) is 4.31 Å². The number of amides is 1. The van der Waals surface area contributed by atoms with Gasteiger partial charge in [0.2, 0.25) is 15.9 Å². The Balaban J connectivity index is 2.88. The van der Waals surface area contributed by atoms with Gasteiger partial charge in [0.05, 0.1) is 11.9 Å². The van der Waals surface area contributed by atoms with Crippen LogP contribution in [0.5, 0.6) is 0 Å². The van der Waals surface area contributed by atoms with Gasteiger partial charge in [0.25, 0.3) is 0 Å². The van der Waals surface area contributed by atoms with Crippen molar-refractivity contribution < 1.29 is 18.3 Å². The Kier molecular flexibility index (Phi) is 3.93. The summed E-state index contributed by atoms with van der Waals surface area (Å²) in [5.74, 6) is -1.06. The topological polar surface area (TPSA) is 101 Å². The summed E-state index contributed by atoms with van der Waals surface area (Å²) >= 11 is 5.34. The number of alkyl halides is 1. The summed E-state index contributed by atoms with van der Waals surface area (Å²) in [6.07, 6.45) is -0.788. The lowest BCUT2D eigenvalue weighted by molar-refractivity contribution is -0.121. The van der Waals surface area contributed by atoms with Gasteiger partial charge in [0.15, 0.2) is 0 Å². The van der Waals surface area contributed by atoms with Crippen LogP contribution in [0.1, 0.15) is 6.42 Å². The molecule has 0 aliphatic carbocycles. The minimum absolute atomic E-state index is 0.0524. The first-order valence-electron chi connectivity index (χ1n) is 4.41. The molecule has 1 saturated heterocycles. The number of hydrogen-bond donors (Lipinski definition) is 2. The predicted molar refractivity (Wildman–Crippen MR) is 54.8 cm³/mol. The van der Waals surface area contributed by atoms with Crippen molar-refractivity contribution in [1.29, 1.82) is 0 Å². The lowest BCUT2D eigenvalue weighted by atomic mass is 10.2. The van der Waals surface area contributed by atoms with Gasteiger partial charge < -0.3 is 10.8 Å². The van der Waals surface area contributed by atoms with Crippen molar-refractivity contribution in [3.63, 3.8) is 0 Å². The number of nitrogens with zero attached hydrogens (tertiary/aromatic N) is 1. The summed E-state index contributed by atoms with van der Waals surface area (Å²) in [5.41, 5.74) is 5.05. The molecule has 0 aromatic heterocycles. The molecular formula is C7H13ClN2O4S. The monoisotopic (exact) mass is 256 g/mol. The summed E-state index contributed by atoms with van der Waals surface area (Å²) in [4.78, 5) is 11.0. The van der Waals surface area contributed by atoms with Crippen LogP contribution >= 0.6 is 11.6 Å². The quantitative estimate of drug-likeness (QED) is 0.596. The summed E-state index contributed by atoms with van der Waals surface area (Å²) in [5, 5.41) is 9.30. The van der Waals surface area contributed by atoms with E-state index in [0.29, 0.717) is 0 Å².